The fraction of sp³-hybridized carbons (Fsp3) is 0.567. The number of benzene rings is 1. The molecule has 1 aromatic carbocycles. The van der Waals surface area contributed by atoms with Gasteiger partial charge in [-0.05, 0) is 41.3 Å². The van der Waals surface area contributed by atoms with Crippen molar-refractivity contribution in [2.24, 2.45) is 10.8 Å². The van der Waals surface area contributed by atoms with Crippen LogP contribution in [0.2, 0.25) is 0 Å². The van der Waals surface area contributed by atoms with Crippen LogP contribution in [0.3, 0.4) is 0 Å². The molecular weight excluding hydrogens is 488 g/mol. The Labute approximate surface area is 223 Å². The minimum Gasteiger partial charge on any atom is -0.376 e. The molecule has 0 radical (unpaired) electrons. The van der Waals surface area contributed by atoms with Gasteiger partial charge in [-0.1, -0.05) is 24.3 Å². The molecule has 6 heterocycles. The summed E-state index contributed by atoms with van der Waals surface area (Å²) in [6.07, 6.45) is 9.08. The van der Waals surface area contributed by atoms with Gasteiger partial charge in [0.15, 0.2) is 0 Å². The van der Waals surface area contributed by atoms with Crippen molar-refractivity contribution in [2.75, 3.05) is 52.9 Å². The van der Waals surface area contributed by atoms with Crippen molar-refractivity contribution in [1.82, 2.24) is 0 Å². The van der Waals surface area contributed by atoms with Gasteiger partial charge in [0.1, 0.15) is 0 Å². The monoisotopic (exact) mass is 525 g/mol. The average molecular weight is 526 g/mol. The van der Waals surface area contributed by atoms with Crippen LogP contribution < -0.4 is 0 Å². The lowest BCUT2D eigenvalue weighted by atomic mass is 9.85. The van der Waals surface area contributed by atoms with Crippen LogP contribution in [-0.2, 0) is 44.2 Å². The zero-order valence-electron chi connectivity index (χ0n) is 22.5. The van der Waals surface area contributed by atoms with Crippen molar-refractivity contribution < 1.29 is 37.6 Å². The number of hydrogen-bond acceptors (Lipinski definition) is 7. The molecule has 0 unspecified atom stereocenters. The Morgan fingerprint density at radius 1 is 0.763 bits per heavy atom. The number of allylic oxidation sites excluding steroid dienone is 6. The third-order valence-electron chi connectivity index (χ3n) is 8.10. The van der Waals surface area contributed by atoms with Crippen LogP contribution in [0.1, 0.15) is 38.3 Å². The molecule has 0 saturated carbocycles. The van der Waals surface area contributed by atoms with E-state index in [2.05, 4.69) is 43.3 Å². The maximum absolute atomic E-state index is 6.02. The van der Waals surface area contributed by atoms with Crippen molar-refractivity contribution in [3.8, 4) is 0 Å². The highest BCUT2D eigenvalue weighted by atomic mass is 16.9. The van der Waals surface area contributed by atoms with E-state index < -0.39 is 11.9 Å². The Morgan fingerprint density at radius 2 is 1.29 bits per heavy atom. The van der Waals surface area contributed by atoms with Crippen LogP contribution in [-0.4, -0.2) is 70.6 Å². The molecular formula is C30H37O8+. The van der Waals surface area contributed by atoms with Crippen LogP contribution in [0.4, 0.5) is 0 Å². The van der Waals surface area contributed by atoms with Gasteiger partial charge in [-0.3, -0.25) is 4.42 Å². The first-order valence-electron chi connectivity index (χ1n) is 13.4. The second-order valence-corrected chi connectivity index (χ2v) is 11.4. The molecule has 4 bridgehead atoms. The van der Waals surface area contributed by atoms with E-state index in [9.17, 15) is 0 Å². The largest absolute Gasteiger partial charge is 0.376 e. The predicted octanol–water partition coefficient (Wildman–Crippen LogP) is 4.07. The van der Waals surface area contributed by atoms with E-state index in [0.717, 1.165) is 23.3 Å². The molecule has 0 atom stereocenters. The van der Waals surface area contributed by atoms with Crippen LogP contribution in [0.25, 0.3) is 5.57 Å². The zero-order valence-corrected chi connectivity index (χ0v) is 22.5. The zero-order chi connectivity index (χ0) is 26.3. The Morgan fingerprint density at radius 3 is 1.84 bits per heavy atom. The molecule has 6 aliphatic heterocycles. The van der Waals surface area contributed by atoms with E-state index in [1.165, 1.54) is 11.1 Å². The molecule has 204 valence electrons. The second-order valence-electron chi connectivity index (χ2n) is 11.4. The number of rotatable bonds is 8. The van der Waals surface area contributed by atoms with E-state index >= 15 is 0 Å². The quantitative estimate of drug-likeness (QED) is 0.474. The van der Waals surface area contributed by atoms with Gasteiger partial charge >= 0.3 is 5.78 Å². The second kappa shape index (κ2) is 10.1. The normalized spacial score (nSPS) is 35.7. The molecule has 0 amide bonds. The highest BCUT2D eigenvalue weighted by molar-refractivity contribution is 6.02. The maximum atomic E-state index is 6.02. The summed E-state index contributed by atoms with van der Waals surface area (Å²) in [5.41, 5.74) is 4.33. The molecule has 7 aliphatic rings. The van der Waals surface area contributed by atoms with Crippen molar-refractivity contribution in [2.45, 2.75) is 45.7 Å². The summed E-state index contributed by atoms with van der Waals surface area (Å²) in [6.45, 7) is 11.2. The van der Waals surface area contributed by atoms with Crippen molar-refractivity contribution in [3.63, 3.8) is 0 Å². The first kappa shape index (κ1) is 26.1. The predicted molar refractivity (Wildman–Crippen MR) is 139 cm³/mol. The van der Waals surface area contributed by atoms with E-state index in [0.29, 0.717) is 59.5 Å². The molecule has 1 aromatic rings. The van der Waals surface area contributed by atoms with Crippen LogP contribution in [0, 0.1) is 10.8 Å². The van der Waals surface area contributed by atoms with Crippen LogP contribution in [0.15, 0.2) is 54.1 Å². The molecule has 8 nitrogen and oxygen atoms in total. The molecule has 38 heavy (non-hydrogen) atoms. The van der Waals surface area contributed by atoms with E-state index in [1.54, 1.807) is 0 Å². The lowest BCUT2D eigenvalue weighted by Crippen LogP contribution is -2.60. The first-order valence-corrected chi connectivity index (χ1v) is 13.4. The van der Waals surface area contributed by atoms with Crippen molar-refractivity contribution >= 4 is 11.4 Å². The topological polar surface area (TPSA) is 75.9 Å². The lowest BCUT2D eigenvalue weighted by molar-refractivity contribution is -0.485. The van der Waals surface area contributed by atoms with Gasteiger partial charge in [-0.2, -0.15) is 0 Å². The molecule has 8 heteroatoms. The Hall–Kier alpha value is -2.17. The summed E-state index contributed by atoms with van der Waals surface area (Å²) in [5.74, 6) is -0.895. The highest BCUT2D eigenvalue weighted by Crippen LogP contribution is 2.40. The van der Waals surface area contributed by atoms with Gasteiger partial charge in [-0.25, -0.2) is 0 Å². The molecule has 6 saturated heterocycles. The molecule has 6 fully saturated rings. The van der Waals surface area contributed by atoms with Crippen molar-refractivity contribution in [1.29, 1.82) is 0 Å². The van der Waals surface area contributed by atoms with Gasteiger partial charge < -0.3 is 33.2 Å². The Kier molecular flexibility index (Phi) is 6.93. The average Bonchev–Trinajstić information content (AvgIpc) is 2.95. The van der Waals surface area contributed by atoms with Gasteiger partial charge in [0, 0.05) is 37.8 Å². The van der Waals surface area contributed by atoms with E-state index in [-0.39, 0.29) is 10.8 Å². The number of hydrogen-bond donors (Lipinski definition) is 0. The fourth-order valence-electron chi connectivity index (χ4n) is 5.14. The third kappa shape index (κ3) is 5.45. The van der Waals surface area contributed by atoms with Gasteiger partial charge in [0.25, 0.3) is 18.6 Å². The number of ketones is 1. The first-order chi connectivity index (χ1) is 18.3. The number of ether oxygens (including phenoxy) is 7. The summed E-state index contributed by atoms with van der Waals surface area (Å²) in [5, 5.41) is 0. The molecule has 0 N–H and O–H groups in total. The third-order valence-corrected chi connectivity index (χ3v) is 8.10. The Bertz CT molecular complexity index is 1090. The van der Waals surface area contributed by atoms with Crippen molar-refractivity contribution in [3.05, 3.63) is 65.3 Å². The molecule has 0 aromatic heterocycles. The summed E-state index contributed by atoms with van der Waals surface area (Å²) in [7, 11) is 0. The summed E-state index contributed by atoms with van der Waals surface area (Å²) in [6, 6.07) is 8.52. The molecule has 1 aliphatic carbocycles. The van der Waals surface area contributed by atoms with Gasteiger partial charge in [-0.15, -0.1) is 0 Å². The summed E-state index contributed by atoms with van der Waals surface area (Å²) >= 11 is 0. The van der Waals surface area contributed by atoms with Gasteiger partial charge in [0.2, 0.25) is 0 Å². The van der Waals surface area contributed by atoms with Crippen LogP contribution >= 0.6 is 0 Å². The minimum atomic E-state index is -0.881. The maximum Gasteiger partial charge on any atom is 0.343 e. The summed E-state index contributed by atoms with van der Waals surface area (Å²) in [4.78, 5) is 0. The standard InChI is InChI=1S/C30H37O8/c1-22(24-6-4-23(5-7-24)14-31-15-30-19-36-28(3,37-20-30)38-21-30)25-8-10-26(11-9-25)32-13-12-29-16-33-27(2,34-17-29)35-18-29/h4-11H,12-21H2,1-3H3/q+1. The van der Waals surface area contributed by atoms with Crippen LogP contribution in [0.5, 0.6) is 0 Å². The summed E-state index contributed by atoms with van der Waals surface area (Å²) < 4.78 is 46.1. The van der Waals surface area contributed by atoms with E-state index in [4.69, 9.17) is 37.6 Å². The van der Waals surface area contributed by atoms with E-state index in [1.807, 2.05) is 26.0 Å². The SMILES string of the molecule is CC(=C1C=CC(=[O+]CCC23COC(C)(OC2)OC3)C=C1)c1ccc(COCC23COC(C)(OC2)OC3)cc1. The smallest absolute Gasteiger partial charge is 0.343 e. The lowest BCUT2D eigenvalue weighted by Gasteiger charge is -2.50. The molecule has 0 spiro atoms. The minimum absolute atomic E-state index is 0.121. The fourth-order valence-corrected chi connectivity index (χ4v) is 5.14. The number of carbonyl (C=O) groups excluding carboxylic acids is 1. The molecule has 8 rings (SSSR count). The highest BCUT2D eigenvalue weighted by Gasteiger charge is 2.51. The van der Waals surface area contributed by atoms with Gasteiger partial charge in [0.05, 0.1) is 58.3 Å². The Balaban J connectivity index is 0.989. The number of fused-ring (bicyclic) bond motifs is 6.